The first-order chi connectivity index (χ1) is 6.19. The minimum atomic E-state index is -0.140. The molecule has 1 aromatic rings. The van der Waals surface area contributed by atoms with E-state index in [0.717, 1.165) is 23.7 Å². The zero-order chi connectivity index (χ0) is 9.84. The predicted octanol–water partition coefficient (Wildman–Crippen LogP) is 2.11. The molecule has 0 spiro atoms. The van der Waals surface area contributed by atoms with E-state index < -0.39 is 0 Å². The van der Waals surface area contributed by atoms with Crippen LogP contribution in [0.15, 0.2) is 18.2 Å². The number of aldehydes is 2. The molecule has 0 radical (unpaired) electrons. The summed E-state index contributed by atoms with van der Waals surface area (Å²) in [5.74, 6) is -0.140. The average molecular weight is 176 g/mol. The van der Waals surface area contributed by atoms with E-state index in [9.17, 15) is 9.59 Å². The Morgan fingerprint density at radius 1 is 1.31 bits per heavy atom. The molecule has 0 bridgehead atoms. The van der Waals surface area contributed by atoms with Crippen LogP contribution >= 0.6 is 0 Å². The molecule has 0 aromatic heterocycles. The van der Waals surface area contributed by atoms with Crippen molar-refractivity contribution in [2.24, 2.45) is 0 Å². The molecule has 0 saturated carbocycles. The fraction of sp³-hybridized carbons (Fsp3) is 0.273. The van der Waals surface area contributed by atoms with Crippen LogP contribution in [0.5, 0.6) is 0 Å². The standard InChI is InChI=1S/C11H12O2/c1-8-3-4-10(9(2)6-12)5-11(8)7-13/h3-7,9H,1-2H3. The van der Waals surface area contributed by atoms with Crippen molar-refractivity contribution in [3.63, 3.8) is 0 Å². The van der Waals surface area contributed by atoms with Crippen LogP contribution in [0.1, 0.15) is 34.3 Å². The quantitative estimate of drug-likeness (QED) is 0.661. The van der Waals surface area contributed by atoms with Crippen molar-refractivity contribution in [2.75, 3.05) is 0 Å². The van der Waals surface area contributed by atoms with Gasteiger partial charge in [0.25, 0.3) is 0 Å². The van der Waals surface area contributed by atoms with Crippen LogP contribution in [0, 0.1) is 6.92 Å². The third kappa shape index (κ3) is 2.02. The number of rotatable bonds is 3. The fourth-order valence-electron chi connectivity index (χ4n) is 1.15. The molecule has 0 N–H and O–H groups in total. The van der Waals surface area contributed by atoms with E-state index in [4.69, 9.17) is 0 Å². The summed E-state index contributed by atoms with van der Waals surface area (Å²) in [7, 11) is 0. The molecule has 13 heavy (non-hydrogen) atoms. The highest BCUT2D eigenvalue weighted by Crippen LogP contribution is 2.16. The number of benzene rings is 1. The summed E-state index contributed by atoms with van der Waals surface area (Å²) in [5, 5.41) is 0. The second kappa shape index (κ2) is 3.99. The van der Waals surface area contributed by atoms with Gasteiger partial charge in [-0.05, 0) is 24.1 Å². The van der Waals surface area contributed by atoms with E-state index >= 15 is 0 Å². The molecule has 0 heterocycles. The van der Waals surface area contributed by atoms with E-state index in [-0.39, 0.29) is 5.92 Å². The summed E-state index contributed by atoms with van der Waals surface area (Å²) in [6, 6.07) is 5.50. The summed E-state index contributed by atoms with van der Waals surface area (Å²) >= 11 is 0. The van der Waals surface area contributed by atoms with Crippen molar-refractivity contribution in [3.8, 4) is 0 Å². The second-order valence-electron chi connectivity index (χ2n) is 3.16. The van der Waals surface area contributed by atoms with Crippen molar-refractivity contribution < 1.29 is 9.59 Å². The molecule has 2 heteroatoms. The molecule has 0 fully saturated rings. The number of aryl methyl sites for hydroxylation is 1. The number of hydrogen-bond acceptors (Lipinski definition) is 2. The first-order valence-electron chi connectivity index (χ1n) is 4.20. The zero-order valence-corrected chi connectivity index (χ0v) is 7.78. The zero-order valence-electron chi connectivity index (χ0n) is 7.78. The van der Waals surface area contributed by atoms with Gasteiger partial charge in [-0.2, -0.15) is 0 Å². The van der Waals surface area contributed by atoms with Crippen LogP contribution in [-0.2, 0) is 4.79 Å². The minimum absolute atomic E-state index is 0.140. The Morgan fingerprint density at radius 2 is 2.00 bits per heavy atom. The maximum Gasteiger partial charge on any atom is 0.150 e. The molecule has 1 aromatic carbocycles. The molecule has 2 nitrogen and oxygen atoms in total. The lowest BCUT2D eigenvalue weighted by atomic mass is 9.98. The molecule has 1 atom stereocenters. The van der Waals surface area contributed by atoms with E-state index in [1.807, 2.05) is 26.0 Å². The van der Waals surface area contributed by atoms with Gasteiger partial charge in [-0.15, -0.1) is 0 Å². The van der Waals surface area contributed by atoms with Gasteiger partial charge < -0.3 is 4.79 Å². The monoisotopic (exact) mass is 176 g/mol. The molecular weight excluding hydrogens is 164 g/mol. The number of hydrogen-bond donors (Lipinski definition) is 0. The SMILES string of the molecule is Cc1ccc(C(C)C=O)cc1C=O. The maximum absolute atomic E-state index is 10.6. The summed E-state index contributed by atoms with van der Waals surface area (Å²) in [5.41, 5.74) is 2.49. The largest absolute Gasteiger partial charge is 0.303 e. The van der Waals surface area contributed by atoms with Gasteiger partial charge in [-0.3, -0.25) is 4.79 Å². The van der Waals surface area contributed by atoms with Crippen LogP contribution in [0.25, 0.3) is 0 Å². The average Bonchev–Trinajstić information content (AvgIpc) is 2.17. The van der Waals surface area contributed by atoms with Crippen molar-refractivity contribution >= 4 is 12.6 Å². The first-order valence-corrected chi connectivity index (χ1v) is 4.20. The topological polar surface area (TPSA) is 34.1 Å². The predicted molar refractivity (Wildman–Crippen MR) is 51.0 cm³/mol. The van der Waals surface area contributed by atoms with Crippen LogP contribution in [0.3, 0.4) is 0 Å². The summed E-state index contributed by atoms with van der Waals surface area (Å²) in [6.45, 7) is 3.69. The van der Waals surface area contributed by atoms with Gasteiger partial charge in [-0.25, -0.2) is 0 Å². The van der Waals surface area contributed by atoms with Gasteiger partial charge in [-0.1, -0.05) is 19.1 Å². The van der Waals surface area contributed by atoms with Crippen LogP contribution in [-0.4, -0.2) is 12.6 Å². The normalized spacial score (nSPS) is 12.2. The second-order valence-corrected chi connectivity index (χ2v) is 3.16. The Balaban J connectivity index is 3.12. The van der Waals surface area contributed by atoms with Crippen molar-refractivity contribution in [2.45, 2.75) is 19.8 Å². The Kier molecular flexibility index (Phi) is 2.96. The molecule has 0 aliphatic heterocycles. The van der Waals surface area contributed by atoms with Gasteiger partial charge in [0, 0.05) is 11.5 Å². The summed E-state index contributed by atoms with van der Waals surface area (Å²) < 4.78 is 0. The third-order valence-corrected chi connectivity index (χ3v) is 2.16. The molecule has 0 aliphatic carbocycles. The molecular formula is C11H12O2. The van der Waals surface area contributed by atoms with Crippen molar-refractivity contribution in [1.29, 1.82) is 0 Å². The summed E-state index contributed by atoms with van der Waals surface area (Å²) in [6.07, 6.45) is 1.69. The lowest BCUT2D eigenvalue weighted by Crippen LogP contribution is -1.96. The van der Waals surface area contributed by atoms with Crippen molar-refractivity contribution in [3.05, 3.63) is 34.9 Å². The van der Waals surface area contributed by atoms with E-state index in [1.165, 1.54) is 0 Å². The van der Waals surface area contributed by atoms with E-state index in [1.54, 1.807) is 6.07 Å². The van der Waals surface area contributed by atoms with Gasteiger partial charge in [0.05, 0.1) is 0 Å². The van der Waals surface area contributed by atoms with Gasteiger partial charge in [0.15, 0.2) is 0 Å². The van der Waals surface area contributed by atoms with Gasteiger partial charge >= 0.3 is 0 Å². The van der Waals surface area contributed by atoms with Gasteiger partial charge in [0.1, 0.15) is 12.6 Å². The third-order valence-electron chi connectivity index (χ3n) is 2.16. The fourth-order valence-corrected chi connectivity index (χ4v) is 1.15. The van der Waals surface area contributed by atoms with Crippen LogP contribution in [0.2, 0.25) is 0 Å². The Labute approximate surface area is 77.6 Å². The van der Waals surface area contributed by atoms with Crippen molar-refractivity contribution in [1.82, 2.24) is 0 Å². The first kappa shape index (κ1) is 9.65. The Hall–Kier alpha value is -1.44. The molecule has 1 unspecified atom stereocenters. The lowest BCUT2D eigenvalue weighted by molar-refractivity contribution is -0.108. The highest BCUT2D eigenvalue weighted by atomic mass is 16.1. The van der Waals surface area contributed by atoms with E-state index in [2.05, 4.69) is 0 Å². The maximum atomic E-state index is 10.6. The minimum Gasteiger partial charge on any atom is -0.303 e. The highest BCUT2D eigenvalue weighted by molar-refractivity contribution is 5.78. The molecule has 0 aliphatic rings. The van der Waals surface area contributed by atoms with Crippen LogP contribution < -0.4 is 0 Å². The molecule has 0 saturated heterocycles. The summed E-state index contributed by atoms with van der Waals surface area (Å²) in [4.78, 5) is 21.1. The highest BCUT2D eigenvalue weighted by Gasteiger charge is 2.05. The van der Waals surface area contributed by atoms with E-state index in [0.29, 0.717) is 5.56 Å². The van der Waals surface area contributed by atoms with Crippen LogP contribution in [0.4, 0.5) is 0 Å². The smallest absolute Gasteiger partial charge is 0.150 e. The Bertz CT molecular complexity index is 329. The lowest BCUT2D eigenvalue weighted by Gasteiger charge is -2.05. The molecule has 1 rings (SSSR count). The van der Waals surface area contributed by atoms with Gasteiger partial charge in [0.2, 0.25) is 0 Å². The molecule has 0 amide bonds. The number of carbonyl (C=O) groups excluding carboxylic acids is 2. The molecule has 68 valence electrons. The Morgan fingerprint density at radius 3 is 2.54 bits per heavy atom. The number of carbonyl (C=O) groups is 2.